The highest BCUT2D eigenvalue weighted by molar-refractivity contribution is 5.94. The summed E-state index contributed by atoms with van der Waals surface area (Å²) in [7, 11) is 0. The molecule has 2 rings (SSSR count). The van der Waals surface area contributed by atoms with Gasteiger partial charge in [-0.05, 0) is 37.1 Å². The van der Waals surface area contributed by atoms with Gasteiger partial charge in [0.15, 0.2) is 0 Å². The van der Waals surface area contributed by atoms with Crippen molar-refractivity contribution in [3.63, 3.8) is 0 Å². The predicted octanol–water partition coefficient (Wildman–Crippen LogP) is 1.76. The van der Waals surface area contributed by atoms with Crippen LogP contribution in [-0.2, 0) is 0 Å². The number of carbonyl (C=O) groups is 1. The van der Waals surface area contributed by atoms with Gasteiger partial charge in [-0.3, -0.25) is 4.79 Å². The number of hydrogen-bond donors (Lipinski definition) is 3. The second-order valence-electron chi connectivity index (χ2n) is 4.68. The molecule has 4 heteroatoms. The van der Waals surface area contributed by atoms with Gasteiger partial charge in [0.25, 0.3) is 5.91 Å². The van der Waals surface area contributed by atoms with E-state index >= 15 is 0 Å². The van der Waals surface area contributed by atoms with Gasteiger partial charge < -0.3 is 15.7 Å². The molecule has 0 aromatic heterocycles. The van der Waals surface area contributed by atoms with Crippen molar-refractivity contribution in [3.8, 4) is 0 Å². The Morgan fingerprint density at radius 2 is 1.89 bits per heavy atom. The largest absolute Gasteiger partial charge is 0.395 e. The third kappa shape index (κ3) is 3.47. The topological polar surface area (TPSA) is 61.4 Å². The number of carbonyl (C=O) groups excluding carboxylic acids is 1. The van der Waals surface area contributed by atoms with E-state index in [9.17, 15) is 4.79 Å². The van der Waals surface area contributed by atoms with E-state index in [-0.39, 0.29) is 12.5 Å². The Hall–Kier alpha value is -1.55. The molecule has 98 valence electrons. The first-order valence-electron chi connectivity index (χ1n) is 6.55. The standard InChI is InChI=1S/C14H20N2O2/c17-10-9-15-14(18)11-5-7-13(8-6-11)16-12-3-1-2-4-12/h5-8,12,16-17H,1-4,9-10H2,(H,15,18). The minimum Gasteiger partial charge on any atom is -0.395 e. The monoisotopic (exact) mass is 248 g/mol. The molecule has 1 aromatic rings. The van der Waals surface area contributed by atoms with Gasteiger partial charge in [0, 0.05) is 23.8 Å². The van der Waals surface area contributed by atoms with E-state index in [1.165, 1.54) is 25.7 Å². The molecule has 1 aliphatic rings. The van der Waals surface area contributed by atoms with Gasteiger partial charge in [-0.1, -0.05) is 12.8 Å². The van der Waals surface area contributed by atoms with Crippen LogP contribution in [0.4, 0.5) is 5.69 Å². The van der Waals surface area contributed by atoms with Crippen LogP contribution in [-0.4, -0.2) is 30.2 Å². The molecule has 0 radical (unpaired) electrons. The summed E-state index contributed by atoms with van der Waals surface area (Å²) in [5, 5.41) is 14.8. The molecular formula is C14H20N2O2. The molecule has 0 saturated heterocycles. The van der Waals surface area contributed by atoms with Crippen molar-refractivity contribution in [2.45, 2.75) is 31.7 Å². The van der Waals surface area contributed by atoms with E-state index in [2.05, 4.69) is 10.6 Å². The van der Waals surface area contributed by atoms with E-state index in [1.807, 2.05) is 24.3 Å². The summed E-state index contributed by atoms with van der Waals surface area (Å²) in [6.45, 7) is 0.258. The summed E-state index contributed by atoms with van der Waals surface area (Å²) in [6.07, 6.45) is 5.08. The summed E-state index contributed by atoms with van der Waals surface area (Å²) in [5.74, 6) is -0.142. The lowest BCUT2D eigenvalue weighted by atomic mass is 10.1. The van der Waals surface area contributed by atoms with Crippen LogP contribution in [0.1, 0.15) is 36.0 Å². The van der Waals surface area contributed by atoms with Crippen molar-refractivity contribution in [2.75, 3.05) is 18.5 Å². The van der Waals surface area contributed by atoms with Crippen LogP contribution in [0.3, 0.4) is 0 Å². The molecule has 0 aliphatic heterocycles. The van der Waals surface area contributed by atoms with Crippen molar-refractivity contribution in [1.29, 1.82) is 0 Å². The average Bonchev–Trinajstić information content (AvgIpc) is 2.89. The molecule has 4 nitrogen and oxygen atoms in total. The summed E-state index contributed by atoms with van der Waals surface area (Å²) < 4.78 is 0. The number of hydrogen-bond acceptors (Lipinski definition) is 3. The number of rotatable bonds is 5. The van der Waals surface area contributed by atoms with E-state index in [1.54, 1.807) is 0 Å². The number of aliphatic hydroxyl groups is 1. The van der Waals surface area contributed by atoms with Crippen LogP contribution in [0.2, 0.25) is 0 Å². The van der Waals surface area contributed by atoms with E-state index in [0.717, 1.165) is 5.69 Å². The van der Waals surface area contributed by atoms with Gasteiger partial charge in [-0.25, -0.2) is 0 Å². The van der Waals surface area contributed by atoms with Gasteiger partial charge in [0.1, 0.15) is 0 Å². The van der Waals surface area contributed by atoms with Crippen molar-refractivity contribution >= 4 is 11.6 Å². The third-order valence-corrected chi connectivity index (χ3v) is 3.27. The Balaban J connectivity index is 1.90. The zero-order chi connectivity index (χ0) is 12.8. The third-order valence-electron chi connectivity index (χ3n) is 3.27. The molecule has 0 unspecified atom stereocenters. The van der Waals surface area contributed by atoms with Crippen molar-refractivity contribution in [3.05, 3.63) is 29.8 Å². The highest BCUT2D eigenvalue weighted by atomic mass is 16.3. The Kier molecular flexibility index (Phi) is 4.59. The SMILES string of the molecule is O=C(NCCO)c1ccc(NC2CCCC2)cc1. The van der Waals surface area contributed by atoms with Gasteiger partial charge in [-0.15, -0.1) is 0 Å². The lowest BCUT2D eigenvalue weighted by Crippen LogP contribution is -2.26. The molecule has 3 N–H and O–H groups in total. The van der Waals surface area contributed by atoms with Gasteiger partial charge in [0.2, 0.25) is 0 Å². The number of nitrogens with one attached hydrogen (secondary N) is 2. The van der Waals surface area contributed by atoms with Crippen LogP contribution < -0.4 is 10.6 Å². The molecule has 18 heavy (non-hydrogen) atoms. The molecule has 1 aromatic carbocycles. The van der Waals surface area contributed by atoms with Crippen LogP contribution in [0.5, 0.6) is 0 Å². The van der Waals surface area contributed by atoms with Crippen molar-refractivity contribution in [2.24, 2.45) is 0 Å². The van der Waals surface area contributed by atoms with Crippen molar-refractivity contribution < 1.29 is 9.90 Å². The number of anilines is 1. The number of benzene rings is 1. The quantitative estimate of drug-likeness (QED) is 0.744. The zero-order valence-electron chi connectivity index (χ0n) is 10.5. The maximum Gasteiger partial charge on any atom is 0.251 e. The van der Waals surface area contributed by atoms with Crippen LogP contribution >= 0.6 is 0 Å². The summed E-state index contributed by atoms with van der Waals surface area (Å²) >= 11 is 0. The van der Waals surface area contributed by atoms with Gasteiger partial charge in [0.05, 0.1) is 6.61 Å². The molecule has 0 bridgehead atoms. The first-order valence-corrected chi connectivity index (χ1v) is 6.55. The minimum absolute atomic E-state index is 0.0347. The molecule has 1 aliphatic carbocycles. The summed E-state index contributed by atoms with van der Waals surface area (Å²) in [5.41, 5.74) is 1.70. The molecule has 1 fully saturated rings. The fourth-order valence-corrected chi connectivity index (χ4v) is 2.30. The molecule has 1 saturated carbocycles. The number of amides is 1. The Bertz CT molecular complexity index is 383. The Morgan fingerprint density at radius 3 is 2.50 bits per heavy atom. The van der Waals surface area contributed by atoms with E-state index in [0.29, 0.717) is 18.2 Å². The molecule has 0 heterocycles. The first kappa shape index (κ1) is 12.9. The summed E-state index contributed by atoms with van der Waals surface area (Å²) in [6, 6.07) is 8.07. The molecule has 1 amide bonds. The normalized spacial score (nSPS) is 15.6. The summed E-state index contributed by atoms with van der Waals surface area (Å²) in [4.78, 5) is 11.6. The van der Waals surface area contributed by atoms with E-state index < -0.39 is 0 Å². The first-order chi connectivity index (χ1) is 8.79. The fraction of sp³-hybridized carbons (Fsp3) is 0.500. The Labute approximate surface area is 107 Å². The van der Waals surface area contributed by atoms with Crippen LogP contribution in [0, 0.1) is 0 Å². The second kappa shape index (κ2) is 6.40. The highest BCUT2D eigenvalue weighted by Gasteiger charge is 2.14. The maximum absolute atomic E-state index is 11.6. The van der Waals surface area contributed by atoms with Crippen molar-refractivity contribution in [1.82, 2.24) is 5.32 Å². The Morgan fingerprint density at radius 1 is 1.22 bits per heavy atom. The van der Waals surface area contributed by atoms with Gasteiger partial charge >= 0.3 is 0 Å². The van der Waals surface area contributed by atoms with Crippen LogP contribution in [0.15, 0.2) is 24.3 Å². The maximum atomic E-state index is 11.6. The minimum atomic E-state index is -0.142. The highest BCUT2D eigenvalue weighted by Crippen LogP contribution is 2.22. The van der Waals surface area contributed by atoms with Crippen LogP contribution in [0.25, 0.3) is 0 Å². The second-order valence-corrected chi connectivity index (χ2v) is 4.68. The lowest BCUT2D eigenvalue weighted by molar-refractivity contribution is 0.0945. The van der Waals surface area contributed by atoms with E-state index in [4.69, 9.17) is 5.11 Å². The molecule has 0 spiro atoms. The zero-order valence-corrected chi connectivity index (χ0v) is 10.5. The number of aliphatic hydroxyl groups excluding tert-OH is 1. The molecular weight excluding hydrogens is 228 g/mol. The fourth-order valence-electron chi connectivity index (χ4n) is 2.30. The smallest absolute Gasteiger partial charge is 0.251 e. The van der Waals surface area contributed by atoms with Gasteiger partial charge in [-0.2, -0.15) is 0 Å². The lowest BCUT2D eigenvalue weighted by Gasteiger charge is -2.13. The molecule has 0 atom stereocenters. The predicted molar refractivity (Wildman–Crippen MR) is 71.7 cm³/mol. The average molecular weight is 248 g/mol.